The Morgan fingerprint density at radius 2 is 1.52 bits per heavy atom. The summed E-state index contributed by atoms with van der Waals surface area (Å²) in [4.78, 5) is 58.7. The van der Waals surface area contributed by atoms with Crippen molar-refractivity contribution in [2.24, 2.45) is 5.73 Å². The summed E-state index contributed by atoms with van der Waals surface area (Å²) in [5.74, 6) is -4.82. The predicted octanol–water partition coefficient (Wildman–Crippen LogP) is -3.16. The largest absolute Gasteiger partial charge is 0.481 e. The molecule has 0 aromatic heterocycles. The van der Waals surface area contributed by atoms with Crippen LogP contribution in [-0.4, -0.2) is 99.0 Å². The number of nitrogens with two attached hydrogens (primary N) is 1. The van der Waals surface area contributed by atoms with Gasteiger partial charge in [-0.25, -0.2) is 4.79 Å². The van der Waals surface area contributed by atoms with E-state index in [1.807, 2.05) is 5.32 Å². The molecule has 0 saturated heterocycles. The molecule has 3 amide bonds. The third-order valence-electron chi connectivity index (χ3n) is 4.11. The highest BCUT2D eigenvalue weighted by atomic mass is 32.2. The second-order valence-electron chi connectivity index (χ2n) is 6.69. The molecule has 14 heteroatoms. The smallest absolute Gasteiger partial charge is 0.328 e. The van der Waals surface area contributed by atoms with Crippen molar-refractivity contribution in [3.05, 3.63) is 0 Å². The minimum atomic E-state index is -1.63. The number of hydrogen-bond acceptors (Lipinski definition) is 9. The van der Waals surface area contributed by atoms with E-state index in [0.717, 1.165) is 0 Å². The van der Waals surface area contributed by atoms with E-state index >= 15 is 0 Å². The van der Waals surface area contributed by atoms with E-state index in [2.05, 4.69) is 10.6 Å². The molecule has 0 fully saturated rings. The number of aliphatic carboxylic acids is 2. The summed E-state index contributed by atoms with van der Waals surface area (Å²) in [5.41, 5.74) is 5.64. The minimum Gasteiger partial charge on any atom is -0.481 e. The lowest BCUT2D eigenvalue weighted by molar-refractivity contribution is -0.144. The minimum absolute atomic E-state index is 0.144. The van der Waals surface area contributed by atoms with Crippen LogP contribution in [0, 0.1) is 0 Å². The molecule has 0 spiro atoms. The average Bonchev–Trinajstić information content (AvgIpc) is 2.69. The van der Waals surface area contributed by atoms with Gasteiger partial charge < -0.3 is 42.1 Å². The first kappa shape index (κ1) is 28.6. The lowest BCUT2D eigenvalue weighted by Gasteiger charge is -2.26. The van der Waals surface area contributed by atoms with Crippen molar-refractivity contribution in [3.8, 4) is 0 Å². The van der Waals surface area contributed by atoms with E-state index in [0.29, 0.717) is 5.75 Å². The third kappa shape index (κ3) is 11.0. The number of nitrogens with one attached hydrogen (secondary N) is 3. The van der Waals surface area contributed by atoms with Crippen LogP contribution in [0.4, 0.5) is 0 Å². The van der Waals surface area contributed by atoms with Crippen molar-refractivity contribution < 1.29 is 44.4 Å². The Morgan fingerprint density at radius 1 is 0.935 bits per heavy atom. The van der Waals surface area contributed by atoms with Crippen molar-refractivity contribution in [2.45, 2.75) is 56.5 Å². The van der Waals surface area contributed by atoms with Gasteiger partial charge in [0.15, 0.2) is 0 Å². The number of carbonyl (C=O) groups is 5. The molecule has 0 aliphatic heterocycles. The van der Waals surface area contributed by atoms with Crippen molar-refractivity contribution in [2.75, 3.05) is 18.6 Å². The zero-order chi connectivity index (χ0) is 24.1. The molecule has 31 heavy (non-hydrogen) atoms. The van der Waals surface area contributed by atoms with Crippen LogP contribution in [0.15, 0.2) is 0 Å². The van der Waals surface area contributed by atoms with Crippen LogP contribution in [-0.2, 0) is 24.0 Å². The Labute approximate surface area is 183 Å². The molecule has 0 rings (SSSR count). The number of aliphatic hydroxyl groups is 2. The van der Waals surface area contributed by atoms with Crippen molar-refractivity contribution >= 4 is 41.4 Å². The predicted molar refractivity (Wildman–Crippen MR) is 110 cm³/mol. The molecule has 178 valence electrons. The highest BCUT2D eigenvalue weighted by Gasteiger charge is 2.32. The second kappa shape index (κ2) is 14.6. The van der Waals surface area contributed by atoms with E-state index in [4.69, 9.17) is 21.1 Å². The molecule has 13 nitrogen and oxygen atoms in total. The fourth-order valence-electron chi connectivity index (χ4n) is 2.30. The van der Waals surface area contributed by atoms with Crippen molar-refractivity contribution in [1.82, 2.24) is 16.0 Å². The summed E-state index contributed by atoms with van der Waals surface area (Å²) in [6.07, 6.45) is 0.00621. The first-order valence-corrected chi connectivity index (χ1v) is 10.7. The van der Waals surface area contributed by atoms with Gasteiger partial charge in [-0.1, -0.05) is 0 Å². The number of amides is 3. The van der Waals surface area contributed by atoms with E-state index in [-0.39, 0.29) is 19.3 Å². The Hall–Kier alpha value is -2.42. The van der Waals surface area contributed by atoms with Gasteiger partial charge >= 0.3 is 11.9 Å². The maximum Gasteiger partial charge on any atom is 0.328 e. The molecule has 0 heterocycles. The molecule has 0 aliphatic carbocycles. The Morgan fingerprint density at radius 3 is 1.97 bits per heavy atom. The van der Waals surface area contributed by atoms with Crippen LogP contribution in [0.1, 0.15) is 26.2 Å². The van der Waals surface area contributed by atoms with Gasteiger partial charge in [0.25, 0.3) is 0 Å². The van der Waals surface area contributed by atoms with Gasteiger partial charge in [0.05, 0.1) is 18.8 Å². The highest BCUT2D eigenvalue weighted by Crippen LogP contribution is 2.05. The zero-order valence-corrected chi connectivity index (χ0v) is 18.1. The number of aliphatic hydroxyl groups excluding tert-OH is 2. The third-order valence-corrected chi connectivity index (χ3v) is 4.75. The van der Waals surface area contributed by atoms with Crippen LogP contribution >= 0.6 is 11.8 Å². The number of carboxylic acid groups (broad SMARTS) is 2. The van der Waals surface area contributed by atoms with E-state index < -0.39 is 66.5 Å². The highest BCUT2D eigenvalue weighted by molar-refractivity contribution is 7.98. The molecule has 5 atom stereocenters. The Bertz CT molecular complexity index is 647. The lowest BCUT2D eigenvalue weighted by atomic mass is 10.1. The fourth-order valence-corrected chi connectivity index (χ4v) is 2.77. The molecule has 0 bridgehead atoms. The van der Waals surface area contributed by atoms with E-state index in [1.54, 1.807) is 6.26 Å². The summed E-state index contributed by atoms with van der Waals surface area (Å²) in [5, 5.41) is 43.1. The van der Waals surface area contributed by atoms with Crippen LogP contribution in [0.2, 0.25) is 0 Å². The molecule has 0 aromatic carbocycles. The first-order valence-electron chi connectivity index (χ1n) is 9.33. The maximum atomic E-state index is 12.7. The zero-order valence-electron chi connectivity index (χ0n) is 17.2. The molecule has 0 radical (unpaired) electrons. The maximum absolute atomic E-state index is 12.7. The van der Waals surface area contributed by atoms with E-state index in [9.17, 15) is 29.1 Å². The van der Waals surface area contributed by atoms with Crippen molar-refractivity contribution in [1.29, 1.82) is 0 Å². The Balaban J connectivity index is 5.26. The number of carboxylic acids is 2. The molecule has 9 N–H and O–H groups in total. The van der Waals surface area contributed by atoms with Gasteiger partial charge in [0, 0.05) is 6.42 Å². The molecular weight excluding hydrogens is 436 g/mol. The summed E-state index contributed by atoms with van der Waals surface area (Å²) in [6.45, 7) is 0.290. The lowest BCUT2D eigenvalue weighted by Crippen LogP contribution is -2.60. The van der Waals surface area contributed by atoms with Crippen LogP contribution in [0.25, 0.3) is 0 Å². The van der Waals surface area contributed by atoms with E-state index in [1.165, 1.54) is 18.7 Å². The average molecular weight is 467 g/mol. The van der Waals surface area contributed by atoms with Crippen LogP contribution in [0.3, 0.4) is 0 Å². The van der Waals surface area contributed by atoms with Gasteiger partial charge in [0.1, 0.15) is 18.1 Å². The van der Waals surface area contributed by atoms with Gasteiger partial charge in [0.2, 0.25) is 17.7 Å². The van der Waals surface area contributed by atoms with Crippen LogP contribution < -0.4 is 21.7 Å². The Kier molecular flexibility index (Phi) is 13.4. The van der Waals surface area contributed by atoms with Gasteiger partial charge in [-0.15, -0.1) is 0 Å². The topological polar surface area (TPSA) is 228 Å². The van der Waals surface area contributed by atoms with Crippen LogP contribution in [0.5, 0.6) is 0 Å². The van der Waals surface area contributed by atoms with Gasteiger partial charge in [-0.05, 0) is 31.8 Å². The van der Waals surface area contributed by atoms with Gasteiger partial charge in [-0.2, -0.15) is 11.8 Å². The molecule has 0 aromatic rings. The molecular formula is C17H30N4O9S. The summed E-state index contributed by atoms with van der Waals surface area (Å²) < 4.78 is 0. The normalized spacial score (nSPS) is 15.6. The fraction of sp³-hybridized carbons (Fsp3) is 0.706. The number of thioether (sulfide) groups is 1. The first-order chi connectivity index (χ1) is 14.4. The SMILES string of the molecule is CSCCC(NC(=O)C(N)CCC(=O)O)C(=O)NC(C(=O)NC(CO)C(=O)O)C(C)O. The monoisotopic (exact) mass is 466 g/mol. The van der Waals surface area contributed by atoms with Gasteiger partial charge in [-0.3, -0.25) is 19.2 Å². The standard InChI is InChI=1S/C17H30N4O9S/c1-8(23)13(16(28)20-11(7-22)17(29)30)21-15(27)10(5-6-31-2)19-14(26)9(18)3-4-12(24)25/h8-11,13,22-23H,3-7,18H2,1-2H3,(H,19,26)(H,20,28)(H,21,27)(H,24,25)(H,29,30). The number of hydrogen-bond donors (Lipinski definition) is 8. The summed E-state index contributed by atoms with van der Waals surface area (Å²) in [6, 6.07) is -5.50. The second-order valence-corrected chi connectivity index (χ2v) is 7.68. The molecule has 5 unspecified atom stereocenters. The van der Waals surface area contributed by atoms with Crippen molar-refractivity contribution in [3.63, 3.8) is 0 Å². The summed E-state index contributed by atoms with van der Waals surface area (Å²) in [7, 11) is 0. The number of carbonyl (C=O) groups excluding carboxylic acids is 3. The molecule has 0 aliphatic rings. The molecule has 0 saturated carbocycles. The summed E-state index contributed by atoms with van der Waals surface area (Å²) >= 11 is 1.38. The quantitative estimate of drug-likeness (QED) is 0.120. The number of rotatable bonds is 15.